The van der Waals surface area contributed by atoms with E-state index in [-0.39, 0.29) is 5.91 Å². The number of nitrogens with zero attached hydrogens (tertiary/aromatic N) is 1. The monoisotopic (exact) mass is 339 g/mol. The number of benzene rings is 1. The van der Waals surface area contributed by atoms with E-state index in [4.69, 9.17) is 0 Å². The summed E-state index contributed by atoms with van der Waals surface area (Å²) in [4.78, 5) is 25.5. The van der Waals surface area contributed by atoms with E-state index in [1.165, 1.54) is 0 Å². The van der Waals surface area contributed by atoms with Crippen molar-refractivity contribution in [2.75, 3.05) is 13.1 Å². The summed E-state index contributed by atoms with van der Waals surface area (Å²) >= 11 is 3.45. The first-order valence-electron chi connectivity index (χ1n) is 6.63. The van der Waals surface area contributed by atoms with Crippen LogP contribution in [0.2, 0.25) is 0 Å². The summed E-state index contributed by atoms with van der Waals surface area (Å²) in [5.41, 5.74) is 0.952. The van der Waals surface area contributed by atoms with Gasteiger partial charge < -0.3 is 10.0 Å². The van der Waals surface area contributed by atoms with Crippen LogP contribution in [0, 0.1) is 12.3 Å². The summed E-state index contributed by atoms with van der Waals surface area (Å²) in [6.45, 7) is 4.67. The van der Waals surface area contributed by atoms with Gasteiger partial charge in [0.2, 0.25) is 0 Å². The third-order valence-electron chi connectivity index (χ3n) is 4.09. The van der Waals surface area contributed by atoms with Crippen LogP contribution in [0.4, 0.5) is 0 Å². The Morgan fingerprint density at radius 2 is 1.90 bits per heavy atom. The molecule has 0 atom stereocenters. The van der Waals surface area contributed by atoms with Gasteiger partial charge in [0.1, 0.15) is 0 Å². The van der Waals surface area contributed by atoms with Gasteiger partial charge in [-0.05, 0) is 54.2 Å². The van der Waals surface area contributed by atoms with Gasteiger partial charge in [-0.1, -0.05) is 12.1 Å². The molecule has 1 aliphatic rings. The third-order valence-corrected chi connectivity index (χ3v) is 5.15. The van der Waals surface area contributed by atoms with Gasteiger partial charge in [-0.25, -0.2) is 0 Å². The summed E-state index contributed by atoms with van der Waals surface area (Å²) < 4.78 is 0.816. The fraction of sp³-hybridized carbons (Fsp3) is 0.467. The molecular weight excluding hydrogens is 322 g/mol. The number of carboxylic acid groups (broad SMARTS) is 1. The second kappa shape index (κ2) is 5.56. The minimum atomic E-state index is -0.777. The normalized spacial score (nSPS) is 17.9. The number of likely N-dealkylation sites (tertiary alicyclic amines) is 1. The molecule has 1 saturated heterocycles. The number of carbonyl (C=O) groups is 2. The second-order valence-electron chi connectivity index (χ2n) is 5.59. The molecule has 1 N–H and O–H groups in total. The summed E-state index contributed by atoms with van der Waals surface area (Å²) in [6, 6.07) is 5.60. The molecule has 0 aliphatic carbocycles. The van der Waals surface area contributed by atoms with Crippen LogP contribution in [-0.2, 0) is 4.79 Å². The minimum Gasteiger partial charge on any atom is -0.481 e. The molecule has 0 aromatic heterocycles. The predicted molar refractivity (Wildman–Crippen MR) is 79.8 cm³/mol. The maximum atomic E-state index is 12.5. The van der Waals surface area contributed by atoms with Gasteiger partial charge in [-0.15, -0.1) is 0 Å². The average Bonchev–Trinajstić information content (AvgIpc) is 2.42. The quantitative estimate of drug-likeness (QED) is 0.900. The number of carbonyl (C=O) groups excluding carboxylic acids is 1. The molecule has 108 valence electrons. The molecule has 1 aliphatic heterocycles. The number of aliphatic carboxylic acids is 1. The Bertz CT molecular complexity index is 548. The summed E-state index contributed by atoms with van der Waals surface area (Å²) in [6.07, 6.45) is 0.995. The first-order chi connectivity index (χ1) is 9.35. The zero-order valence-electron chi connectivity index (χ0n) is 11.6. The number of aryl methyl sites for hydroxylation is 1. The van der Waals surface area contributed by atoms with E-state index in [1.54, 1.807) is 17.9 Å². The van der Waals surface area contributed by atoms with Crippen LogP contribution >= 0.6 is 15.9 Å². The van der Waals surface area contributed by atoms with Crippen molar-refractivity contribution >= 4 is 27.8 Å². The highest BCUT2D eigenvalue weighted by molar-refractivity contribution is 9.10. The Labute approximate surface area is 126 Å². The highest BCUT2D eigenvalue weighted by atomic mass is 79.9. The van der Waals surface area contributed by atoms with Gasteiger partial charge in [-0.2, -0.15) is 0 Å². The van der Waals surface area contributed by atoms with Crippen molar-refractivity contribution in [1.82, 2.24) is 4.90 Å². The Balaban J connectivity index is 2.13. The SMILES string of the molecule is Cc1cccc(C(=O)N2CCC(C)(C(=O)O)CC2)c1Br. The lowest BCUT2D eigenvalue weighted by molar-refractivity contribution is -0.150. The van der Waals surface area contributed by atoms with Gasteiger partial charge in [0.05, 0.1) is 11.0 Å². The largest absolute Gasteiger partial charge is 0.481 e. The lowest BCUT2D eigenvalue weighted by atomic mass is 9.80. The Kier molecular flexibility index (Phi) is 4.18. The molecule has 0 radical (unpaired) electrons. The van der Waals surface area contributed by atoms with Gasteiger partial charge >= 0.3 is 5.97 Å². The number of piperidine rings is 1. The fourth-order valence-electron chi connectivity index (χ4n) is 2.40. The Morgan fingerprint density at radius 1 is 1.30 bits per heavy atom. The molecular formula is C15H18BrNO3. The minimum absolute atomic E-state index is 0.0342. The molecule has 1 heterocycles. The third kappa shape index (κ3) is 2.73. The maximum absolute atomic E-state index is 12.5. The van der Waals surface area contributed by atoms with E-state index in [1.807, 2.05) is 19.1 Å². The second-order valence-corrected chi connectivity index (χ2v) is 6.39. The molecule has 1 amide bonds. The molecule has 1 aromatic carbocycles. The van der Waals surface area contributed by atoms with Crippen molar-refractivity contribution in [3.05, 3.63) is 33.8 Å². The summed E-state index contributed by atoms with van der Waals surface area (Å²) in [7, 11) is 0. The smallest absolute Gasteiger partial charge is 0.309 e. The molecule has 0 unspecified atom stereocenters. The van der Waals surface area contributed by atoms with Crippen molar-refractivity contribution in [3.8, 4) is 0 Å². The molecule has 4 nitrogen and oxygen atoms in total. The molecule has 0 bridgehead atoms. The van der Waals surface area contributed by atoms with Crippen LogP contribution < -0.4 is 0 Å². The number of carboxylic acids is 1. The number of hydrogen-bond donors (Lipinski definition) is 1. The van der Waals surface area contributed by atoms with E-state index in [0.717, 1.165) is 10.0 Å². The van der Waals surface area contributed by atoms with Crippen LogP contribution in [0.5, 0.6) is 0 Å². The molecule has 0 spiro atoms. The van der Waals surface area contributed by atoms with Crippen LogP contribution in [0.1, 0.15) is 35.7 Å². The first kappa shape index (κ1) is 15.0. The van der Waals surface area contributed by atoms with Crippen molar-refractivity contribution < 1.29 is 14.7 Å². The fourth-order valence-corrected chi connectivity index (χ4v) is 2.83. The van der Waals surface area contributed by atoms with Gasteiger partial charge in [-0.3, -0.25) is 9.59 Å². The Morgan fingerprint density at radius 3 is 2.45 bits per heavy atom. The molecule has 1 fully saturated rings. The standard InChI is InChI=1S/C15H18BrNO3/c1-10-4-3-5-11(12(10)16)13(18)17-8-6-15(2,7-9-17)14(19)20/h3-5H,6-9H2,1-2H3,(H,19,20). The van der Waals surface area contributed by atoms with Crippen molar-refractivity contribution in [3.63, 3.8) is 0 Å². The van der Waals surface area contributed by atoms with Crippen molar-refractivity contribution in [2.24, 2.45) is 5.41 Å². The highest BCUT2D eigenvalue weighted by Gasteiger charge is 2.38. The first-order valence-corrected chi connectivity index (χ1v) is 7.42. The van der Waals surface area contributed by atoms with Gasteiger partial charge in [0.25, 0.3) is 5.91 Å². The van der Waals surface area contributed by atoms with E-state index >= 15 is 0 Å². The van der Waals surface area contributed by atoms with E-state index < -0.39 is 11.4 Å². The molecule has 1 aromatic rings. The molecule has 2 rings (SSSR count). The number of hydrogen-bond acceptors (Lipinski definition) is 2. The Hall–Kier alpha value is -1.36. The summed E-state index contributed by atoms with van der Waals surface area (Å²) in [5, 5.41) is 9.21. The lowest BCUT2D eigenvalue weighted by Gasteiger charge is -2.36. The van der Waals surface area contributed by atoms with Crippen molar-refractivity contribution in [1.29, 1.82) is 0 Å². The molecule has 5 heteroatoms. The highest BCUT2D eigenvalue weighted by Crippen LogP contribution is 2.32. The van der Waals surface area contributed by atoms with Gasteiger partial charge in [0.15, 0.2) is 0 Å². The van der Waals surface area contributed by atoms with E-state index in [9.17, 15) is 14.7 Å². The summed E-state index contributed by atoms with van der Waals surface area (Å²) in [5.74, 6) is -0.811. The zero-order chi connectivity index (χ0) is 14.9. The van der Waals surface area contributed by atoms with Crippen molar-refractivity contribution in [2.45, 2.75) is 26.7 Å². The maximum Gasteiger partial charge on any atom is 0.309 e. The van der Waals surface area contributed by atoms with Crippen LogP contribution in [0.15, 0.2) is 22.7 Å². The van der Waals surface area contributed by atoms with E-state index in [2.05, 4.69) is 15.9 Å². The molecule has 0 saturated carbocycles. The van der Waals surface area contributed by atoms with Crippen LogP contribution in [0.25, 0.3) is 0 Å². The topological polar surface area (TPSA) is 57.6 Å². The number of halogens is 1. The zero-order valence-corrected chi connectivity index (χ0v) is 13.2. The van der Waals surface area contributed by atoms with Crippen LogP contribution in [-0.4, -0.2) is 35.0 Å². The molecule has 20 heavy (non-hydrogen) atoms. The number of rotatable bonds is 2. The lowest BCUT2D eigenvalue weighted by Crippen LogP contribution is -2.45. The average molecular weight is 340 g/mol. The van der Waals surface area contributed by atoms with E-state index in [0.29, 0.717) is 31.5 Å². The van der Waals surface area contributed by atoms with Gasteiger partial charge in [0, 0.05) is 17.6 Å². The predicted octanol–water partition coefficient (Wildman–Crippen LogP) is 3.08. The van der Waals surface area contributed by atoms with Crippen LogP contribution in [0.3, 0.4) is 0 Å². The number of amides is 1.